The molecule has 110 valence electrons. The van der Waals surface area contributed by atoms with E-state index in [4.69, 9.17) is 0 Å². The lowest BCUT2D eigenvalue weighted by Gasteiger charge is -2.13. The Hall–Kier alpha value is -1.90. The first-order valence-corrected chi connectivity index (χ1v) is 7.51. The quantitative estimate of drug-likeness (QED) is 0.730. The molecule has 2 atom stereocenters. The van der Waals surface area contributed by atoms with E-state index in [1.165, 1.54) is 11.3 Å². The average molecular weight is 305 g/mol. The zero-order chi connectivity index (χ0) is 14.7. The molecule has 1 aliphatic heterocycles. The van der Waals surface area contributed by atoms with Crippen molar-refractivity contribution in [3.05, 3.63) is 29.7 Å². The van der Waals surface area contributed by atoms with Crippen molar-refractivity contribution in [2.24, 2.45) is 5.92 Å². The van der Waals surface area contributed by atoms with Crippen molar-refractivity contribution in [1.82, 2.24) is 25.6 Å². The predicted molar refractivity (Wildman–Crippen MR) is 77.8 cm³/mol. The molecule has 0 radical (unpaired) electrons. The number of rotatable bonds is 4. The fraction of sp³-hybridized carbons (Fsp3) is 0.385. The van der Waals surface area contributed by atoms with Gasteiger partial charge in [0.1, 0.15) is 16.4 Å². The van der Waals surface area contributed by atoms with Gasteiger partial charge in [-0.3, -0.25) is 14.8 Å². The number of aliphatic hydroxyl groups excluding tert-OH is 1. The summed E-state index contributed by atoms with van der Waals surface area (Å²) in [7, 11) is 0. The third-order valence-corrected chi connectivity index (χ3v) is 4.21. The Morgan fingerprint density at radius 2 is 2.38 bits per heavy atom. The van der Waals surface area contributed by atoms with E-state index in [0.29, 0.717) is 36.0 Å². The van der Waals surface area contributed by atoms with E-state index in [1.807, 2.05) is 0 Å². The number of hydrogen-bond donors (Lipinski definition) is 3. The summed E-state index contributed by atoms with van der Waals surface area (Å²) in [6.45, 7) is 1.72. The largest absolute Gasteiger partial charge is 0.391 e. The van der Waals surface area contributed by atoms with Gasteiger partial charge in [0.2, 0.25) is 0 Å². The number of nitrogens with zero attached hydrogens (tertiary/aromatic N) is 3. The van der Waals surface area contributed by atoms with Crippen LogP contribution in [-0.2, 0) is 0 Å². The number of aliphatic hydroxyl groups is 1. The third-order valence-electron chi connectivity index (χ3n) is 3.35. The first kappa shape index (κ1) is 14.1. The van der Waals surface area contributed by atoms with Crippen LogP contribution in [0.2, 0.25) is 0 Å². The van der Waals surface area contributed by atoms with Crippen LogP contribution in [-0.4, -0.2) is 51.7 Å². The van der Waals surface area contributed by atoms with Gasteiger partial charge in [0.15, 0.2) is 0 Å². The minimum absolute atomic E-state index is 0.0482. The second-order valence-electron chi connectivity index (χ2n) is 4.82. The maximum Gasteiger partial charge on any atom is 0.270 e. The zero-order valence-corrected chi connectivity index (χ0v) is 12.0. The summed E-state index contributed by atoms with van der Waals surface area (Å²) in [6.07, 6.45) is 4.38. The molecule has 1 amide bonds. The minimum Gasteiger partial charge on any atom is -0.391 e. The highest BCUT2D eigenvalue weighted by atomic mass is 32.1. The maximum atomic E-state index is 12.0. The lowest BCUT2D eigenvalue weighted by molar-refractivity contribution is 0.0923. The molecule has 2 aromatic rings. The predicted octanol–water partition coefficient (Wildman–Crippen LogP) is -0.0898. The molecule has 3 rings (SSSR count). The summed E-state index contributed by atoms with van der Waals surface area (Å²) in [5, 5.41) is 17.9. The van der Waals surface area contributed by atoms with Crippen molar-refractivity contribution >= 4 is 17.2 Å². The van der Waals surface area contributed by atoms with Crippen LogP contribution in [0.1, 0.15) is 10.5 Å². The van der Waals surface area contributed by atoms with Crippen molar-refractivity contribution in [2.45, 2.75) is 6.10 Å². The standard InChI is InChI=1S/C13H15N5O2S/c19-11-6-15-3-8(11)4-17-12(20)10-7-21-13(18-10)9-5-14-1-2-16-9/h1-2,5,7-8,11,15,19H,3-4,6H2,(H,17,20). The van der Waals surface area contributed by atoms with Crippen LogP contribution in [0, 0.1) is 5.92 Å². The van der Waals surface area contributed by atoms with Crippen LogP contribution in [0.3, 0.4) is 0 Å². The highest BCUT2D eigenvalue weighted by Crippen LogP contribution is 2.20. The molecule has 0 aromatic carbocycles. The lowest BCUT2D eigenvalue weighted by Crippen LogP contribution is -2.34. The summed E-state index contributed by atoms with van der Waals surface area (Å²) in [6, 6.07) is 0. The summed E-state index contributed by atoms with van der Waals surface area (Å²) >= 11 is 1.35. The van der Waals surface area contributed by atoms with Crippen LogP contribution >= 0.6 is 11.3 Å². The Labute approximate surface area is 125 Å². The van der Waals surface area contributed by atoms with Crippen LogP contribution in [0.25, 0.3) is 10.7 Å². The van der Waals surface area contributed by atoms with Gasteiger partial charge in [-0.05, 0) is 0 Å². The van der Waals surface area contributed by atoms with Gasteiger partial charge in [-0.15, -0.1) is 11.3 Å². The van der Waals surface area contributed by atoms with Crippen LogP contribution in [0.15, 0.2) is 24.0 Å². The Morgan fingerprint density at radius 1 is 1.48 bits per heavy atom. The van der Waals surface area contributed by atoms with E-state index in [-0.39, 0.29) is 11.8 Å². The summed E-state index contributed by atoms with van der Waals surface area (Å²) < 4.78 is 0. The van der Waals surface area contributed by atoms with Crippen molar-refractivity contribution in [2.75, 3.05) is 19.6 Å². The molecule has 8 heteroatoms. The van der Waals surface area contributed by atoms with Crippen molar-refractivity contribution in [1.29, 1.82) is 0 Å². The Bertz CT molecular complexity index is 618. The molecule has 0 saturated carbocycles. The Balaban J connectivity index is 1.62. The molecule has 2 unspecified atom stereocenters. The zero-order valence-electron chi connectivity index (χ0n) is 11.2. The first-order chi connectivity index (χ1) is 10.2. The van der Waals surface area contributed by atoms with E-state index < -0.39 is 6.10 Å². The second kappa shape index (κ2) is 6.25. The van der Waals surface area contributed by atoms with Crippen LogP contribution in [0.5, 0.6) is 0 Å². The molecule has 0 spiro atoms. The van der Waals surface area contributed by atoms with Gasteiger partial charge in [0.25, 0.3) is 5.91 Å². The normalized spacial score (nSPS) is 21.4. The van der Waals surface area contributed by atoms with Crippen molar-refractivity contribution in [3.63, 3.8) is 0 Å². The smallest absolute Gasteiger partial charge is 0.270 e. The van der Waals surface area contributed by atoms with Crippen LogP contribution in [0.4, 0.5) is 0 Å². The highest BCUT2D eigenvalue weighted by molar-refractivity contribution is 7.13. The van der Waals surface area contributed by atoms with Crippen molar-refractivity contribution in [3.8, 4) is 10.7 Å². The highest BCUT2D eigenvalue weighted by Gasteiger charge is 2.25. The molecular weight excluding hydrogens is 290 g/mol. The monoisotopic (exact) mass is 305 g/mol. The Kier molecular flexibility index (Phi) is 4.18. The molecule has 1 saturated heterocycles. The molecular formula is C13H15N5O2S. The van der Waals surface area contributed by atoms with E-state index >= 15 is 0 Å². The molecule has 2 aromatic heterocycles. The molecule has 21 heavy (non-hydrogen) atoms. The number of β-amino-alcohol motifs (C(OH)–C–C–N with tert-alkyl or cyclic N) is 1. The number of nitrogens with one attached hydrogen (secondary N) is 2. The average Bonchev–Trinajstić information content (AvgIpc) is 3.15. The summed E-state index contributed by atoms with van der Waals surface area (Å²) in [5.41, 5.74) is 1.01. The van der Waals surface area contributed by atoms with Gasteiger partial charge in [0.05, 0.1) is 12.3 Å². The first-order valence-electron chi connectivity index (χ1n) is 6.63. The lowest BCUT2D eigenvalue weighted by atomic mass is 10.1. The molecule has 1 aliphatic rings. The van der Waals surface area contributed by atoms with Gasteiger partial charge in [-0.25, -0.2) is 4.98 Å². The summed E-state index contributed by atoms with van der Waals surface area (Å²) in [5.74, 6) is -0.187. The number of carbonyl (C=O) groups excluding carboxylic acids is 1. The second-order valence-corrected chi connectivity index (χ2v) is 5.68. The number of carbonyl (C=O) groups is 1. The third kappa shape index (κ3) is 3.23. The molecule has 3 heterocycles. The summed E-state index contributed by atoms with van der Waals surface area (Å²) in [4.78, 5) is 24.5. The van der Waals surface area contributed by atoms with Gasteiger partial charge in [0, 0.05) is 43.3 Å². The number of thiazole rings is 1. The SMILES string of the molecule is O=C(NCC1CNCC1O)c1csc(-c2cnccn2)n1. The Morgan fingerprint density at radius 3 is 3.10 bits per heavy atom. The van der Waals surface area contributed by atoms with Crippen LogP contribution < -0.4 is 10.6 Å². The van der Waals surface area contributed by atoms with Gasteiger partial charge < -0.3 is 15.7 Å². The van der Waals surface area contributed by atoms with E-state index in [2.05, 4.69) is 25.6 Å². The van der Waals surface area contributed by atoms with E-state index in [9.17, 15) is 9.90 Å². The van der Waals surface area contributed by atoms with Crippen molar-refractivity contribution < 1.29 is 9.90 Å². The van der Waals surface area contributed by atoms with Gasteiger partial charge >= 0.3 is 0 Å². The fourth-order valence-electron chi connectivity index (χ4n) is 2.15. The molecule has 0 aliphatic carbocycles. The fourth-order valence-corrected chi connectivity index (χ4v) is 2.91. The molecule has 1 fully saturated rings. The maximum absolute atomic E-state index is 12.0. The molecule has 7 nitrogen and oxygen atoms in total. The van der Waals surface area contributed by atoms with Gasteiger partial charge in [-0.1, -0.05) is 0 Å². The molecule has 0 bridgehead atoms. The number of hydrogen-bond acceptors (Lipinski definition) is 7. The van der Waals surface area contributed by atoms with Gasteiger partial charge in [-0.2, -0.15) is 0 Å². The minimum atomic E-state index is -0.407. The number of amides is 1. The van der Waals surface area contributed by atoms with E-state index in [0.717, 1.165) is 0 Å². The number of aromatic nitrogens is 3. The van der Waals surface area contributed by atoms with E-state index in [1.54, 1.807) is 24.0 Å². The topological polar surface area (TPSA) is 100 Å². The molecule has 3 N–H and O–H groups in total.